The Balaban J connectivity index is 1.51. The molecule has 4 N–H and O–H groups in total. The molecule has 1 aliphatic rings. The number of nitrogens with one attached hydrogen (secondary N) is 2. The molecule has 0 spiro atoms. The number of hydrogen-bond donors (Lipinski definition) is 3. The fraction of sp³-hybridized carbons (Fsp3) is 0.200. The Labute approximate surface area is 161 Å². The van der Waals surface area contributed by atoms with Crippen LogP contribution < -0.4 is 16.4 Å². The molecule has 144 valence electrons. The molecule has 5 amide bonds. The van der Waals surface area contributed by atoms with Crippen LogP contribution in [0.1, 0.15) is 28.8 Å². The zero-order chi connectivity index (χ0) is 20.1. The molecule has 0 radical (unpaired) electrons. The Morgan fingerprint density at radius 3 is 2.36 bits per heavy atom. The van der Waals surface area contributed by atoms with Gasteiger partial charge >= 0.3 is 6.03 Å². The lowest BCUT2D eigenvalue weighted by Crippen LogP contribution is -2.31. The molecule has 0 saturated carbocycles. The zero-order valence-electron chi connectivity index (χ0n) is 15.1. The molecule has 8 nitrogen and oxygen atoms in total. The second-order valence-electron chi connectivity index (χ2n) is 6.44. The number of nitrogens with two attached hydrogens (primary N) is 1. The molecule has 2 aromatic carbocycles. The van der Waals surface area contributed by atoms with Crippen LogP contribution in [0.15, 0.2) is 54.6 Å². The molecule has 1 unspecified atom stereocenters. The molecule has 0 bridgehead atoms. The highest BCUT2D eigenvalue weighted by atomic mass is 16.2. The third-order valence-electron chi connectivity index (χ3n) is 4.40. The fourth-order valence-electron chi connectivity index (χ4n) is 2.91. The van der Waals surface area contributed by atoms with Crippen molar-refractivity contribution >= 4 is 29.4 Å². The van der Waals surface area contributed by atoms with Crippen LogP contribution in [0.25, 0.3) is 0 Å². The van der Waals surface area contributed by atoms with E-state index in [1.54, 1.807) is 12.1 Å². The minimum absolute atomic E-state index is 0.0629. The van der Waals surface area contributed by atoms with E-state index in [9.17, 15) is 19.2 Å². The van der Waals surface area contributed by atoms with Gasteiger partial charge in [-0.1, -0.05) is 30.3 Å². The molecule has 1 saturated heterocycles. The molecule has 3 rings (SSSR count). The third-order valence-corrected chi connectivity index (χ3v) is 4.40. The Bertz CT molecular complexity index is 896. The number of urea groups is 1. The molecule has 0 aromatic heterocycles. The van der Waals surface area contributed by atoms with Crippen LogP contribution in [-0.2, 0) is 16.1 Å². The van der Waals surface area contributed by atoms with Crippen molar-refractivity contribution in [1.29, 1.82) is 0 Å². The van der Waals surface area contributed by atoms with Crippen molar-refractivity contribution < 1.29 is 19.2 Å². The largest absolute Gasteiger partial charge is 0.366 e. The lowest BCUT2D eigenvalue weighted by molar-refractivity contribution is -0.128. The van der Waals surface area contributed by atoms with Crippen LogP contribution >= 0.6 is 0 Å². The number of hydrogen-bond acceptors (Lipinski definition) is 4. The summed E-state index contributed by atoms with van der Waals surface area (Å²) in [5.74, 6) is -1.18. The van der Waals surface area contributed by atoms with E-state index in [-0.39, 0.29) is 31.2 Å². The predicted octanol–water partition coefficient (Wildman–Crippen LogP) is 1.62. The number of primary amides is 1. The van der Waals surface area contributed by atoms with Gasteiger partial charge in [-0.15, -0.1) is 0 Å². The van der Waals surface area contributed by atoms with Gasteiger partial charge in [0.1, 0.15) is 6.04 Å². The standard InChI is InChI=1S/C20H20N4O4/c21-18(26)14-6-8-15(9-7-14)22-17(25)11-10-16-19(27)24(20(28)23-16)12-13-4-2-1-3-5-13/h1-9,16H,10-12H2,(H2,21,26)(H,22,25)(H,23,28). The summed E-state index contributed by atoms with van der Waals surface area (Å²) in [6, 6.07) is 14.2. The number of rotatable bonds is 7. The van der Waals surface area contributed by atoms with Crippen molar-refractivity contribution in [3.8, 4) is 0 Å². The first kappa shape index (κ1) is 19.1. The average molecular weight is 380 g/mol. The molecule has 1 aliphatic heterocycles. The number of benzene rings is 2. The van der Waals surface area contributed by atoms with Gasteiger partial charge in [0.15, 0.2) is 0 Å². The highest BCUT2D eigenvalue weighted by Crippen LogP contribution is 2.16. The molecular formula is C20H20N4O4. The average Bonchev–Trinajstić information content (AvgIpc) is 2.95. The van der Waals surface area contributed by atoms with Gasteiger partial charge in [-0.25, -0.2) is 4.79 Å². The molecule has 28 heavy (non-hydrogen) atoms. The lowest BCUT2D eigenvalue weighted by atomic mass is 10.1. The molecular weight excluding hydrogens is 360 g/mol. The normalized spacial score (nSPS) is 16.0. The van der Waals surface area contributed by atoms with Gasteiger partial charge in [-0.3, -0.25) is 19.3 Å². The maximum absolute atomic E-state index is 12.5. The summed E-state index contributed by atoms with van der Waals surface area (Å²) in [4.78, 5) is 48.8. The van der Waals surface area contributed by atoms with Crippen molar-refractivity contribution in [2.24, 2.45) is 5.73 Å². The quantitative estimate of drug-likeness (QED) is 0.632. The minimum atomic E-state index is -0.723. The highest BCUT2D eigenvalue weighted by Gasteiger charge is 2.37. The van der Waals surface area contributed by atoms with E-state index < -0.39 is 18.0 Å². The Hall–Kier alpha value is -3.68. The van der Waals surface area contributed by atoms with Gasteiger partial charge < -0.3 is 16.4 Å². The summed E-state index contributed by atoms with van der Waals surface area (Å²) in [6.45, 7) is 0.195. The van der Waals surface area contributed by atoms with E-state index in [1.807, 2.05) is 30.3 Å². The van der Waals surface area contributed by atoms with E-state index in [0.29, 0.717) is 11.3 Å². The highest BCUT2D eigenvalue weighted by molar-refractivity contribution is 6.04. The summed E-state index contributed by atoms with van der Waals surface area (Å²) < 4.78 is 0. The van der Waals surface area contributed by atoms with Crippen molar-refractivity contribution in [3.05, 3.63) is 65.7 Å². The Morgan fingerprint density at radius 2 is 1.71 bits per heavy atom. The van der Waals surface area contributed by atoms with E-state index in [1.165, 1.54) is 12.1 Å². The topological polar surface area (TPSA) is 122 Å². The summed E-state index contributed by atoms with van der Waals surface area (Å²) in [5, 5.41) is 5.30. The van der Waals surface area contributed by atoms with Gasteiger partial charge in [0, 0.05) is 17.7 Å². The van der Waals surface area contributed by atoms with E-state index in [0.717, 1.165) is 10.5 Å². The van der Waals surface area contributed by atoms with E-state index in [4.69, 9.17) is 5.73 Å². The monoisotopic (exact) mass is 380 g/mol. The van der Waals surface area contributed by atoms with Crippen molar-refractivity contribution in [3.63, 3.8) is 0 Å². The number of carbonyl (C=O) groups excluding carboxylic acids is 4. The van der Waals surface area contributed by atoms with E-state index in [2.05, 4.69) is 10.6 Å². The molecule has 1 atom stereocenters. The first-order valence-corrected chi connectivity index (χ1v) is 8.79. The molecule has 2 aromatic rings. The number of amides is 5. The van der Waals surface area contributed by atoms with E-state index >= 15 is 0 Å². The number of imide groups is 1. The van der Waals surface area contributed by atoms with Gasteiger partial charge in [-0.2, -0.15) is 0 Å². The lowest BCUT2D eigenvalue weighted by Gasteiger charge is -2.13. The first-order chi connectivity index (χ1) is 13.4. The van der Waals surface area contributed by atoms with Crippen LogP contribution in [0, 0.1) is 0 Å². The third kappa shape index (κ3) is 4.53. The first-order valence-electron chi connectivity index (χ1n) is 8.79. The SMILES string of the molecule is NC(=O)c1ccc(NC(=O)CCC2NC(=O)N(Cc3ccccc3)C2=O)cc1. The van der Waals surface area contributed by atoms with Crippen LogP contribution in [0.3, 0.4) is 0 Å². The second kappa shape index (κ2) is 8.34. The number of carbonyl (C=O) groups is 4. The van der Waals surface area contributed by atoms with Crippen LogP contribution in [0.2, 0.25) is 0 Å². The molecule has 0 aliphatic carbocycles. The van der Waals surface area contributed by atoms with Crippen LogP contribution in [0.4, 0.5) is 10.5 Å². The van der Waals surface area contributed by atoms with Crippen molar-refractivity contribution in [2.75, 3.05) is 5.32 Å². The molecule has 1 heterocycles. The van der Waals surface area contributed by atoms with Gasteiger partial charge in [-0.05, 0) is 36.2 Å². The Morgan fingerprint density at radius 1 is 1.04 bits per heavy atom. The van der Waals surface area contributed by atoms with Crippen LogP contribution in [0.5, 0.6) is 0 Å². The van der Waals surface area contributed by atoms with Crippen molar-refractivity contribution in [2.45, 2.75) is 25.4 Å². The minimum Gasteiger partial charge on any atom is -0.366 e. The number of anilines is 1. The van der Waals surface area contributed by atoms with Crippen LogP contribution in [-0.4, -0.2) is 34.7 Å². The van der Waals surface area contributed by atoms with Gasteiger partial charge in [0.2, 0.25) is 11.8 Å². The summed E-state index contributed by atoms with van der Waals surface area (Å²) in [7, 11) is 0. The van der Waals surface area contributed by atoms with Gasteiger partial charge in [0.25, 0.3) is 5.91 Å². The maximum Gasteiger partial charge on any atom is 0.325 e. The maximum atomic E-state index is 12.5. The predicted molar refractivity (Wildman–Crippen MR) is 102 cm³/mol. The van der Waals surface area contributed by atoms with Crippen molar-refractivity contribution in [1.82, 2.24) is 10.2 Å². The summed E-state index contributed by atoms with van der Waals surface area (Å²) >= 11 is 0. The molecule has 1 fully saturated rings. The molecule has 8 heteroatoms. The summed E-state index contributed by atoms with van der Waals surface area (Å²) in [6.07, 6.45) is 0.258. The smallest absolute Gasteiger partial charge is 0.325 e. The number of nitrogens with zero attached hydrogens (tertiary/aromatic N) is 1. The Kier molecular flexibility index (Phi) is 5.69. The summed E-state index contributed by atoms with van der Waals surface area (Å²) in [5.41, 5.74) is 6.88. The fourth-order valence-corrected chi connectivity index (χ4v) is 2.91. The van der Waals surface area contributed by atoms with Gasteiger partial charge in [0.05, 0.1) is 6.54 Å². The second-order valence-corrected chi connectivity index (χ2v) is 6.44. The zero-order valence-corrected chi connectivity index (χ0v) is 15.1.